The molecule has 2 aromatic carbocycles. The quantitative estimate of drug-likeness (QED) is 0.194. The predicted molar refractivity (Wildman–Crippen MR) is 157 cm³/mol. The molecule has 1 aliphatic heterocycles. The maximum Gasteiger partial charge on any atom is 0.337 e. The number of esters is 1. The minimum Gasteiger partial charge on any atom is -0.465 e. The zero-order valence-electron chi connectivity index (χ0n) is 22.5. The van der Waals surface area contributed by atoms with Crippen LogP contribution in [0.1, 0.15) is 65.8 Å². The lowest BCUT2D eigenvalue weighted by molar-refractivity contribution is -0.126. The number of halogens is 2. The zero-order valence-corrected chi connectivity index (χ0v) is 24.8. The first-order chi connectivity index (χ1) is 19.9. The summed E-state index contributed by atoms with van der Waals surface area (Å²) in [6.45, 7) is 2.29. The van der Waals surface area contributed by atoms with Gasteiger partial charge in [0.05, 0.1) is 51.6 Å². The van der Waals surface area contributed by atoms with Crippen LogP contribution in [0.25, 0.3) is 21.5 Å². The Bertz CT molecular complexity index is 1680. The molecule has 0 N–H and O–H groups in total. The number of fused-ring (bicyclic) bond motifs is 3. The molecule has 11 heteroatoms. The smallest absolute Gasteiger partial charge is 0.337 e. The summed E-state index contributed by atoms with van der Waals surface area (Å²) in [6, 6.07) is 8.99. The van der Waals surface area contributed by atoms with E-state index in [1.165, 1.54) is 18.4 Å². The van der Waals surface area contributed by atoms with E-state index in [-0.39, 0.29) is 36.5 Å². The number of thiazole rings is 1. The number of nitrogens with zero attached hydrogens (tertiary/aromatic N) is 3. The number of anilines is 1. The standard InChI is InChI=1S/C30H27Cl2N3O5S/c1-3-14-9-16(29(37)38-2)10-23-25(14)33-30(41-23)35-17-11-18(28(35)36)22(12-17)39-13-19-26(34-40-27(19)15-7-8-15)24-20(31)5-4-6-21(24)32/h4-6,9-10,15,17-18,22H,3,7-8,11-13H2,1-2H3/t17-,18+,22+/m0/s1. The first kappa shape index (κ1) is 26.9. The fraction of sp³-hybridized carbons (Fsp3) is 0.400. The predicted octanol–water partition coefficient (Wildman–Crippen LogP) is 7.20. The lowest BCUT2D eigenvalue weighted by Crippen LogP contribution is -2.43. The highest BCUT2D eigenvalue weighted by Gasteiger charge is 2.53. The molecule has 2 saturated carbocycles. The van der Waals surface area contributed by atoms with Crippen molar-refractivity contribution in [3.63, 3.8) is 0 Å². The number of ether oxygens (including phenoxy) is 2. The van der Waals surface area contributed by atoms with Gasteiger partial charge in [-0.1, -0.05) is 52.7 Å². The minimum atomic E-state index is -0.384. The number of amides is 1. The number of carbonyl (C=O) groups excluding carboxylic acids is 2. The molecular formula is C30H27Cl2N3O5S. The Morgan fingerprint density at radius 1 is 1.20 bits per heavy atom. The van der Waals surface area contributed by atoms with Crippen LogP contribution in [0.2, 0.25) is 10.0 Å². The molecule has 2 bridgehead atoms. The second kappa shape index (κ2) is 10.4. The average Bonchev–Trinajstić information content (AvgIpc) is 3.27. The number of rotatable bonds is 8. The lowest BCUT2D eigenvalue weighted by Gasteiger charge is -2.29. The van der Waals surface area contributed by atoms with Gasteiger partial charge in [-0.05, 0) is 61.9 Å². The van der Waals surface area contributed by atoms with Gasteiger partial charge in [0.1, 0.15) is 11.5 Å². The van der Waals surface area contributed by atoms with Crippen LogP contribution in [-0.4, -0.2) is 41.3 Å². The molecule has 0 spiro atoms. The van der Waals surface area contributed by atoms with Gasteiger partial charge in [0, 0.05) is 23.1 Å². The number of methoxy groups -OCH3 is 1. The fourth-order valence-electron chi connectivity index (χ4n) is 6.17. The second-order valence-electron chi connectivity index (χ2n) is 10.9. The van der Waals surface area contributed by atoms with Crippen LogP contribution >= 0.6 is 34.5 Å². The minimum absolute atomic E-state index is 0.00563. The largest absolute Gasteiger partial charge is 0.465 e. The average molecular weight is 613 g/mol. The lowest BCUT2D eigenvalue weighted by atomic mass is 10.0. The summed E-state index contributed by atoms with van der Waals surface area (Å²) < 4.78 is 18.0. The molecule has 2 aromatic heterocycles. The Balaban J connectivity index is 1.12. The Morgan fingerprint density at radius 2 is 1.98 bits per heavy atom. The van der Waals surface area contributed by atoms with Gasteiger partial charge in [0.15, 0.2) is 5.13 Å². The van der Waals surface area contributed by atoms with E-state index in [0.717, 1.165) is 46.4 Å². The van der Waals surface area contributed by atoms with Crippen molar-refractivity contribution in [3.8, 4) is 11.3 Å². The van der Waals surface area contributed by atoms with Crippen molar-refractivity contribution in [1.29, 1.82) is 0 Å². The number of aromatic nitrogens is 2. The summed E-state index contributed by atoms with van der Waals surface area (Å²) in [6.07, 6.45) is 4.02. The van der Waals surface area contributed by atoms with Crippen molar-refractivity contribution in [3.05, 3.63) is 62.8 Å². The molecule has 3 heterocycles. The highest BCUT2D eigenvalue weighted by molar-refractivity contribution is 7.22. The molecule has 2 aliphatic carbocycles. The van der Waals surface area contributed by atoms with E-state index in [2.05, 4.69) is 5.16 Å². The van der Waals surface area contributed by atoms with Gasteiger partial charge in [-0.25, -0.2) is 9.78 Å². The maximum atomic E-state index is 13.6. The van der Waals surface area contributed by atoms with Crippen LogP contribution in [0.15, 0.2) is 34.9 Å². The molecule has 1 amide bonds. The molecule has 4 aromatic rings. The first-order valence-corrected chi connectivity index (χ1v) is 15.3. The number of hydrogen-bond acceptors (Lipinski definition) is 8. The van der Waals surface area contributed by atoms with Gasteiger partial charge in [-0.15, -0.1) is 0 Å². The van der Waals surface area contributed by atoms with Crippen molar-refractivity contribution in [1.82, 2.24) is 10.1 Å². The number of piperidine rings is 1. The Labute approximate surface area is 250 Å². The molecule has 7 rings (SSSR count). The summed E-state index contributed by atoms with van der Waals surface area (Å²) >= 11 is 14.5. The van der Waals surface area contributed by atoms with Crippen LogP contribution in [0.3, 0.4) is 0 Å². The van der Waals surface area contributed by atoms with Crippen molar-refractivity contribution < 1.29 is 23.6 Å². The van der Waals surface area contributed by atoms with Gasteiger partial charge in [-0.2, -0.15) is 0 Å². The monoisotopic (exact) mass is 611 g/mol. The van der Waals surface area contributed by atoms with E-state index in [1.807, 2.05) is 17.9 Å². The van der Waals surface area contributed by atoms with E-state index < -0.39 is 0 Å². The van der Waals surface area contributed by atoms with Gasteiger partial charge < -0.3 is 14.0 Å². The molecule has 0 unspecified atom stereocenters. The van der Waals surface area contributed by atoms with Crippen LogP contribution in [0.5, 0.6) is 0 Å². The summed E-state index contributed by atoms with van der Waals surface area (Å²) in [5.74, 6) is 0.531. The molecule has 3 fully saturated rings. The highest BCUT2D eigenvalue weighted by atomic mass is 35.5. The maximum absolute atomic E-state index is 13.6. The number of aryl methyl sites for hydroxylation is 1. The highest BCUT2D eigenvalue weighted by Crippen LogP contribution is 2.48. The van der Waals surface area contributed by atoms with Crippen LogP contribution < -0.4 is 4.90 Å². The zero-order chi connectivity index (χ0) is 28.4. The van der Waals surface area contributed by atoms with Crippen molar-refractivity contribution in [2.24, 2.45) is 5.92 Å². The molecule has 8 nitrogen and oxygen atoms in total. The van der Waals surface area contributed by atoms with E-state index in [9.17, 15) is 9.59 Å². The third-order valence-electron chi connectivity index (χ3n) is 8.38. The van der Waals surface area contributed by atoms with Gasteiger partial charge >= 0.3 is 5.97 Å². The molecule has 212 valence electrons. The van der Waals surface area contributed by atoms with E-state index in [1.54, 1.807) is 24.3 Å². The second-order valence-corrected chi connectivity index (χ2v) is 12.7. The summed E-state index contributed by atoms with van der Waals surface area (Å²) in [5.41, 5.74) is 4.37. The van der Waals surface area contributed by atoms with Crippen molar-refractivity contribution in [2.75, 3.05) is 12.0 Å². The van der Waals surface area contributed by atoms with E-state index in [0.29, 0.717) is 50.8 Å². The van der Waals surface area contributed by atoms with E-state index >= 15 is 0 Å². The van der Waals surface area contributed by atoms with Gasteiger partial charge in [0.2, 0.25) is 5.91 Å². The summed E-state index contributed by atoms with van der Waals surface area (Å²) in [5, 5.41) is 6.02. The normalized spacial score (nSPS) is 21.8. The third kappa shape index (κ3) is 4.54. The molecule has 1 saturated heterocycles. The third-order valence-corrected chi connectivity index (χ3v) is 10.0. The van der Waals surface area contributed by atoms with Gasteiger partial charge in [0.25, 0.3) is 0 Å². The van der Waals surface area contributed by atoms with Crippen molar-refractivity contribution >= 4 is 61.8 Å². The Kier molecular flexibility index (Phi) is 6.81. The molecule has 3 atom stereocenters. The summed E-state index contributed by atoms with van der Waals surface area (Å²) in [4.78, 5) is 32.5. The SMILES string of the molecule is CCc1cc(C(=O)OC)cc2sc(N3C(=O)[C@@H]4C[C@H]3C[C@H]4OCc3c(-c4c(Cl)cccc4Cl)noc3C3CC3)nc12. The molecular weight excluding hydrogens is 585 g/mol. The van der Waals surface area contributed by atoms with Crippen LogP contribution in [0, 0.1) is 5.92 Å². The Hall–Kier alpha value is -2.98. The number of hydrogen-bond donors (Lipinski definition) is 0. The fourth-order valence-corrected chi connectivity index (χ4v) is 7.88. The van der Waals surface area contributed by atoms with Crippen LogP contribution in [-0.2, 0) is 27.3 Å². The molecule has 0 radical (unpaired) electrons. The number of benzene rings is 2. The summed E-state index contributed by atoms with van der Waals surface area (Å²) in [7, 11) is 1.37. The first-order valence-electron chi connectivity index (χ1n) is 13.8. The Morgan fingerprint density at radius 3 is 2.66 bits per heavy atom. The van der Waals surface area contributed by atoms with Crippen LogP contribution in [0.4, 0.5) is 5.13 Å². The number of carbonyl (C=O) groups is 2. The topological polar surface area (TPSA) is 94.8 Å². The van der Waals surface area contributed by atoms with Crippen molar-refractivity contribution in [2.45, 2.75) is 63.7 Å². The van der Waals surface area contributed by atoms with Gasteiger partial charge in [-0.3, -0.25) is 9.69 Å². The molecule has 41 heavy (non-hydrogen) atoms. The molecule has 3 aliphatic rings. The van der Waals surface area contributed by atoms with E-state index in [4.69, 9.17) is 42.2 Å².